The molecule has 32 heavy (non-hydrogen) atoms. The minimum absolute atomic E-state index is 0.111. The summed E-state index contributed by atoms with van der Waals surface area (Å²) in [4.78, 5) is 12.3. The number of carbonyl (C=O) groups excluding carboxylic acids is 1. The van der Waals surface area contributed by atoms with Gasteiger partial charge in [-0.05, 0) is 42.0 Å². The Labute approximate surface area is 194 Å². The summed E-state index contributed by atoms with van der Waals surface area (Å²) >= 11 is 7.27. The number of hydrogen-bond acceptors (Lipinski definition) is 6. The van der Waals surface area contributed by atoms with Gasteiger partial charge in [0.05, 0.1) is 25.1 Å². The lowest BCUT2D eigenvalue weighted by Gasteiger charge is -2.11. The molecule has 0 saturated carbocycles. The van der Waals surface area contributed by atoms with Crippen LogP contribution >= 0.6 is 23.4 Å². The number of ether oxygens (including phenoxy) is 1. The zero-order chi connectivity index (χ0) is 22.2. The number of halogens is 1. The van der Waals surface area contributed by atoms with E-state index in [0.29, 0.717) is 40.6 Å². The number of benzene rings is 2. The SMILES string of the molecule is O=C(CSc1nnc(COc2ccc(Cl)cc2)n1Cc1ccccc1)NCc1ccco1. The van der Waals surface area contributed by atoms with Gasteiger partial charge in [-0.15, -0.1) is 10.2 Å². The van der Waals surface area contributed by atoms with Gasteiger partial charge in [0.1, 0.15) is 18.1 Å². The second kappa shape index (κ2) is 10.9. The van der Waals surface area contributed by atoms with Gasteiger partial charge in [0.25, 0.3) is 0 Å². The van der Waals surface area contributed by atoms with Gasteiger partial charge in [-0.2, -0.15) is 0 Å². The second-order valence-electron chi connectivity index (χ2n) is 6.86. The van der Waals surface area contributed by atoms with E-state index in [2.05, 4.69) is 15.5 Å². The number of aromatic nitrogens is 3. The third-order valence-corrected chi connectivity index (χ3v) is 5.75. The number of nitrogens with zero attached hydrogens (tertiary/aromatic N) is 3. The van der Waals surface area contributed by atoms with Gasteiger partial charge < -0.3 is 14.5 Å². The predicted molar refractivity (Wildman–Crippen MR) is 123 cm³/mol. The third-order valence-electron chi connectivity index (χ3n) is 4.53. The summed E-state index contributed by atoms with van der Waals surface area (Å²) < 4.78 is 13.1. The lowest BCUT2D eigenvalue weighted by molar-refractivity contribution is -0.118. The Morgan fingerprint density at radius 3 is 2.62 bits per heavy atom. The molecular weight excluding hydrogens is 448 g/mol. The van der Waals surface area contributed by atoms with Crippen molar-refractivity contribution in [1.29, 1.82) is 0 Å². The molecule has 1 amide bonds. The Balaban J connectivity index is 1.43. The van der Waals surface area contributed by atoms with Crippen molar-refractivity contribution in [2.75, 3.05) is 5.75 Å². The molecule has 7 nitrogen and oxygen atoms in total. The summed E-state index contributed by atoms with van der Waals surface area (Å²) in [6, 6.07) is 20.8. The van der Waals surface area contributed by atoms with E-state index in [0.717, 1.165) is 5.56 Å². The van der Waals surface area contributed by atoms with E-state index in [1.165, 1.54) is 11.8 Å². The fourth-order valence-electron chi connectivity index (χ4n) is 2.92. The van der Waals surface area contributed by atoms with Gasteiger partial charge in [0.2, 0.25) is 5.91 Å². The van der Waals surface area contributed by atoms with Crippen LogP contribution in [0.25, 0.3) is 0 Å². The van der Waals surface area contributed by atoms with Gasteiger partial charge in [0, 0.05) is 5.02 Å². The molecule has 0 aliphatic heterocycles. The molecule has 2 aromatic carbocycles. The smallest absolute Gasteiger partial charge is 0.230 e. The van der Waals surface area contributed by atoms with Crippen LogP contribution in [0, 0.1) is 0 Å². The Hall–Kier alpha value is -3.23. The van der Waals surface area contributed by atoms with E-state index in [-0.39, 0.29) is 18.3 Å². The van der Waals surface area contributed by atoms with Gasteiger partial charge >= 0.3 is 0 Å². The van der Waals surface area contributed by atoms with Crippen LogP contribution in [-0.2, 0) is 24.5 Å². The van der Waals surface area contributed by atoms with Crippen LogP contribution in [0.2, 0.25) is 5.02 Å². The monoisotopic (exact) mass is 468 g/mol. The average molecular weight is 469 g/mol. The van der Waals surface area contributed by atoms with Crippen molar-refractivity contribution in [2.24, 2.45) is 0 Å². The summed E-state index contributed by atoms with van der Waals surface area (Å²) in [5.74, 6) is 2.17. The molecule has 0 aliphatic carbocycles. The molecule has 0 unspecified atom stereocenters. The van der Waals surface area contributed by atoms with Gasteiger partial charge in [-0.1, -0.05) is 53.7 Å². The molecule has 0 fully saturated rings. The molecule has 2 heterocycles. The van der Waals surface area contributed by atoms with E-state index in [4.69, 9.17) is 20.8 Å². The third kappa shape index (κ3) is 6.15. The Morgan fingerprint density at radius 1 is 1.06 bits per heavy atom. The van der Waals surface area contributed by atoms with Crippen LogP contribution in [0.3, 0.4) is 0 Å². The number of thioether (sulfide) groups is 1. The molecule has 0 aliphatic rings. The molecule has 164 valence electrons. The number of carbonyl (C=O) groups is 1. The van der Waals surface area contributed by atoms with Crippen molar-refractivity contribution in [1.82, 2.24) is 20.1 Å². The second-order valence-corrected chi connectivity index (χ2v) is 8.24. The molecule has 1 N–H and O–H groups in total. The number of rotatable bonds is 10. The maximum absolute atomic E-state index is 12.3. The largest absolute Gasteiger partial charge is 0.486 e. The van der Waals surface area contributed by atoms with Gasteiger partial charge in [-0.25, -0.2) is 0 Å². The fourth-order valence-corrected chi connectivity index (χ4v) is 3.83. The van der Waals surface area contributed by atoms with Crippen LogP contribution in [0.15, 0.2) is 82.6 Å². The lowest BCUT2D eigenvalue weighted by Crippen LogP contribution is -2.24. The Morgan fingerprint density at radius 2 is 1.88 bits per heavy atom. The standard InChI is InChI=1S/C23H21ClN4O3S/c24-18-8-10-19(11-9-18)31-15-21-26-27-23(28(21)14-17-5-2-1-3-6-17)32-16-22(29)25-13-20-7-4-12-30-20/h1-12H,13-16H2,(H,25,29). The molecule has 0 bridgehead atoms. The molecule has 0 spiro atoms. The highest BCUT2D eigenvalue weighted by atomic mass is 35.5. The predicted octanol–water partition coefficient (Wildman–Crippen LogP) is 4.56. The summed E-state index contributed by atoms with van der Waals surface area (Å²) in [7, 11) is 0. The van der Waals surface area contributed by atoms with Crippen molar-refractivity contribution < 1.29 is 13.9 Å². The summed E-state index contributed by atoms with van der Waals surface area (Å²) in [5, 5.41) is 12.7. The van der Waals surface area contributed by atoms with E-state index >= 15 is 0 Å². The molecule has 0 atom stereocenters. The van der Waals surface area contributed by atoms with E-state index in [1.807, 2.05) is 41.0 Å². The summed E-state index contributed by atoms with van der Waals surface area (Å²) in [6.45, 7) is 1.17. The minimum atomic E-state index is -0.111. The number of furan rings is 1. The molecule has 2 aromatic heterocycles. The van der Waals surface area contributed by atoms with Crippen LogP contribution in [0.1, 0.15) is 17.1 Å². The Kier molecular flexibility index (Phi) is 7.47. The maximum Gasteiger partial charge on any atom is 0.230 e. The van der Waals surface area contributed by atoms with Gasteiger partial charge in [-0.3, -0.25) is 9.36 Å². The highest BCUT2D eigenvalue weighted by molar-refractivity contribution is 7.99. The molecular formula is C23H21ClN4O3S. The fraction of sp³-hybridized carbons (Fsp3) is 0.174. The Bertz CT molecular complexity index is 1130. The molecule has 9 heteroatoms. The summed E-state index contributed by atoms with van der Waals surface area (Å²) in [5.41, 5.74) is 1.10. The maximum atomic E-state index is 12.3. The van der Waals surface area contributed by atoms with E-state index in [1.54, 1.807) is 36.6 Å². The zero-order valence-electron chi connectivity index (χ0n) is 17.1. The van der Waals surface area contributed by atoms with Crippen LogP contribution < -0.4 is 10.1 Å². The van der Waals surface area contributed by atoms with Crippen LogP contribution in [0.5, 0.6) is 5.75 Å². The average Bonchev–Trinajstić information content (AvgIpc) is 3.47. The van der Waals surface area contributed by atoms with Crippen molar-refractivity contribution in [3.8, 4) is 5.75 Å². The molecule has 0 saturated heterocycles. The van der Waals surface area contributed by atoms with Crippen molar-refractivity contribution >= 4 is 29.3 Å². The number of nitrogens with one attached hydrogen (secondary N) is 1. The van der Waals surface area contributed by atoms with E-state index < -0.39 is 0 Å². The van der Waals surface area contributed by atoms with Crippen LogP contribution in [-0.4, -0.2) is 26.4 Å². The quantitative estimate of drug-likeness (QED) is 0.343. The number of amides is 1. The zero-order valence-corrected chi connectivity index (χ0v) is 18.7. The highest BCUT2D eigenvalue weighted by Gasteiger charge is 2.15. The van der Waals surface area contributed by atoms with Crippen molar-refractivity contribution in [3.63, 3.8) is 0 Å². The molecule has 4 aromatic rings. The summed E-state index contributed by atoms with van der Waals surface area (Å²) in [6.07, 6.45) is 1.58. The van der Waals surface area contributed by atoms with Crippen LogP contribution in [0.4, 0.5) is 0 Å². The molecule has 0 radical (unpaired) electrons. The van der Waals surface area contributed by atoms with Crippen molar-refractivity contribution in [3.05, 3.63) is 95.2 Å². The molecule has 4 rings (SSSR count). The van der Waals surface area contributed by atoms with Gasteiger partial charge in [0.15, 0.2) is 11.0 Å². The normalized spacial score (nSPS) is 10.8. The first-order valence-electron chi connectivity index (χ1n) is 9.93. The topological polar surface area (TPSA) is 82.2 Å². The van der Waals surface area contributed by atoms with Crippen molar-refractivity contribution in [2.45, 2.75) is 24.9 Å². The van der Waals surface area contributed by atoms with E-state index in [9.17, 15) is 4.79 Å². The lowest BCUT2D eigenvalue weighted by atomic mass is 10.2. The number of hydrogen-bond donors (Lipinski definition) is 1. The minimum Gasteiger partial charge on any atom is -0.486 e. The first kappa shape index (κ1) is 22.0. The first-order valence-corrected chi connectivity index (χ1v) is 11.3. The highest BCUT2D eigenvalue weighted by Crippen LogP contribution is 2.21. The first-order chi connectivity index (χ1) is 15.7.